The standard InChI is InChI=1S/C16H29NO4/c1-13(2)17(10-11-21-3)14(18)12-16(15(19)20)8-6-4-5-7-9-16/h13H,4-12H2,1-3H3,(H,19,20). The molecule has 1 saturated carbocycles. The van der Waals surface area contributed by atoms with Crippen LogP contribution in [0.2, 0.25) is 0 Å². The highest BCUT2D eigenvalue weighted by atomic mass is 16.5. The van der Waals surface area contributed by atoms with Crippen molar-refractivity contribution in [3.05, 3.63) is 0 Å². The van der Waals surface area contributed by atoms with Gasteiger partial charge in [0, 0.05) is 26.1 Å². The Kier molecular flexibility index (Phi) is 7.15. The summed E-state index contributed by atoms with van der Waals surface area (Å²) in [6.45, 7) is 4.90. The van der Waals surface area contributed by atoms with E-state index in [0.29, 0.717) is 26.0 Å². The average Bonchev–Trinajstić information content (AvgIpc) is 2.65. The Bertz CT molecular complexity index is 346. The highest BCUT2D eigenvalue weighted by Gasteiger charge is 2.41. The van der Waals surface area contributed by atoms with Gasteiger partial charge < -0.3 is 14.7 Å². The molecule has 0 aromatic heterocycles. The SMILES string of the molecule is COCCN(C(=O)CC1(C(=O)O)CCCCCC1)C(C)C. The molecule has 0 heterocycles. The van der Waals surface area contributed by atoms with Gasteiger partial charge in [-0.2, -0.15) is 0 Å². The molecule has 0 atom stereocenters. The first kappa shape index (κ1) is 18.0. The second-order valence-electron chi connectivity index (χ2n) is 6.35. The van der Waals surface area contributed by atoms with E-state index >= 15 is 0 Å². The lowest BCUT2D eigenvalue weighted by atomic mass is 9.77. The lowest BCUT2D eigenvalue weighted by Crippen LogP contribution is -2.44. The number of nitrogens with zero attached hydrogens (tertiary/aromatic N) is 1. The number of amides is 1. The fourth-order valence-electron chi connectivity index (χ4n) is 3.12. The summed E-state index contributed by atoms with van der Waals surface area (Å²) >= 11 is 0. The van der Waals surface area contributed by atoms with E-state index in [9.17, 15) is 14.7 Å². The van der Waals surface area contributed by atoms with E-state index in [1.807, 2.05) is 13.8 Å². The van der Waals surface area contributed by atoms with Crippen molar-refractivity contribution in [2.75, 3.05) is 20.3 Å². The van der Waals surface area contributed by atoms with Crippen LogP contribution in [0.3, 0.4) is 0 Å². The van der Waals surface area contributed by atoms with Gasteiger partial charge in [-0.25, -0.2) is 0 Å². The Hall–Kier alpha value is -1.10. The number of hydrogen-bond donors (Lipinski definition) is 1. The third-order valence-corrected chi connectivity index (χ3v) is 4.48. The molecule has 1 amide bonds. The van der Waals surface area contributed by atoms with Crippen LogP contribution in [-0.2, 0) is 14.3 Å². The summed E-state index contributed by atoms with van der Waals surface area (Å²) in [7, 11) is 1.60. The molecule has 0 saturated heterocycles. The van der Waals surface area contributed by atoms with Crippen molar-refractivity contribution in [3.8, 4) is 0 Å². The predicted octanol–water partition coefficient (Wildman–Crippen LogP) is 2.69. The number of carboxylic acid groups (broad SMARTS) is 1. The smallest absolute Gasteiger partial charge is 0.310 e. The maximum absolute atomic E-state index is 12.6. The minimum atomic E-state index is -0.867. The highest BCUT2D eigenvalue weighted by molar-refractivity contribution is 5.85. The van der Waals surface area contributed by atoms with Crippen LogP contribution in [0.5, 0.6) is 0 Å². The molecule has 21 heavy (non-hydrogen) atoms. The maximum atomic E-state index is 12.6. The largest absolute Gasteiger partial charge is 0.481 e. The summed E-state index contributed by atoms with van der Waals surface area (Å²) in [6.07, 6.45) is 5.29. The maximum Gasteiger partial charge on any atom is 0.310 e. The minimum Gasteiger partial charge on any atom is -0.481 e. The molecular weight excluding hydrogens is 270 g/mol. The van der Waals surface area contributed by atoms with Gasteiger partial charge in [0.2, 0.25) is 5.91 Å². The van der Waals surface area contributed by atoms with Gasteiger partial charge in [-0.1, -0.05) is 25.7 Å². The molecule has 1 rings (SSSR count). The third kappa shape index (κ3) is 4.99. The van der Waals surface area contributed by atoms with Crippen LogP contribution in [0.1, 0.15) is 58.8 Å². The van der Waals surface area contributed by atoms with Crippen molar-refractivity contribution in [1.29, 1.82) is 0 Å². The second kappa shape index (κ2) is 8.37. The lowest BCUT2D eigenvalue weighted by molar-refractivity contribution is -0.155. The van der Waals surface area contributed by atoms with Gasteiger partial charge >= 0.3 is 5.97 Å². The zero-order valence-corrected chi connectivity index (χ0v) is 13.6. The lowest BCUT2D eigenvalue weighted by Gasteiger charge is -2.33. The third-order valence-electron chi connectivity index (χ3n) is 4.48. The summed E-state index contributed by atoms with van der Waals surface area (Å²) in [5, 5.41) is 9.66. The quantitative estimate of drug-likeness (QED) is 0.734. The van der Waals surface area contributed by atoms with Crippen LogP contribution in [0.25, 0.3) is 0 Å². The van der Waals surface area contributed by atoms with E-state index in [0.717, 1.165) is 25.7 Å². The number of carboxylic acids is 1. The number of rotatable bonds is 7. The van der Waals surface area contributed by atoms with Gasteiger partial charge in [0.05, 0.1) is 12.0 Å². The van der Waals surface area contributed by atoms with Gasteiger partial charge in [-0.3, -0.25) is 9.59 Å². The Balaban J connectivity index is 2.80. The first-order valence-corrected chi connectivity index (χ1v) is 7.95. The number of carbonyl (C=O) groups is 2. The summed E-state index contributed by atoms with van der Waals surface area (Å²) in [5.74, 6) is -0.875. The minimum absolute atomic E-state index is 0.0595. The van der Waals surface area contributed by atoms with Crippen LogP contribution in [0.15, 0.2) is 0 Å². The summed E-state index contributed by atoms with van der Waals surface area (Å²) in [6, 6.07) is 0.0595. The molecule has 0 aliphatic heterocycles. The van der Waals surface area contributed by atoms with Crippen molar-refractivity contribution >= 4 is 11.9 Å². The summed E-state index contributed by atoms with van der Waals surface area (Å²) < 4.78 is 5.05. The molecule has 0 bridgehead atoms. The van der Waals surface area contributed by atoms with Crippen molar-refractivity contribution in [2.24, 2.45) is 5.41 Å². The molecule has 1 aliphatic rings. The number of ether oxygens (including phenoxy) is 1. The number of hydrogen-bond acceptors (Lipinski definition) is 3. The zero-order chi connectivity index (χ0) is 15.9. The van der Waals surface area contributed by atoms with E-state index in [2.05, 4.69) is 0 Å². The van der Waals surface area contributed by atoms with Crippen LogP contribution < -0.4 is 0 Å². The number of methoxy groups -OCH3 is 1. The average molecular weight is 299 g/mol. The van der Waals surface area contributed by atoms with E-state index in [4.69, 9.17) is 4.74 Å². The van der Waals surface area contributed by atoms with Crippen LogP contribution in [0, 0.1) is 5.41 Å². The van der Waals surface area contributed by atoms with Gasteiger partial charge in [-0.15, -0.1) is 0 Å². The number of carbonyl (C=O) groups excluding carboxylic acids is 1. The normalized spacial score (nSPS) is 18.3. The molecule has 1 N–H and O–H groups in total. The van der Waals surface area contributed by atoms with E-state index in [-0.39, 0.29) is 18.4 Å². The van der Waals surface area contributed by atoms with Gasteiger partial charge in [-0.05, 0) is 26.7 Å². The zero-order valence-electron chi connectivity index (χ0n) is 13.6. The first-order valence-electron chi connectivity index (χ1n) is 7.95. The second-order valence-corrected chi connectivity index (χ2v) is 6.35. The van der Waals surface area contributed by atoms with Crippen molar-refractivity contribution in [2.45, 2.75) is 64.8 Å². The van der Waals surface area contributed by atoms with Crippen molar-refractivity contribution in [3.63, 3.8) is 0 Å². The molecular formula is C16H29NO4. The monoisotopic (exact) mass is 299 g/mol. The van der Waals surface area contributed by atoms with Crippen molar-refractivity contribution < 1.29 is 19.4 Å². The molecule has 0 spiro atoms. The van der Waals surface area contributed by atoms with Crippen molar-refractivity contribution in [1.82, 2.24) is 4.90 Å². The summed E-state index contributed by atoms with van der Waals surface area (Å²) in [5.41, 5.74) is -0.867. The van der Waals surface area contributed by atoms with E-state index in [1.165, 1.54) is 0 Å². The van der Waals surface area contributed by atoms with Crippen LogP contribution >= 0.6 is 0 Å². The Morgan fingerprint density at radius 2 is 1.76 bits per heavy atom. The molecule has 0 radical (unpaired) electrons. The Morgan fingerprint density at radius 3 is 2.19 bits per heavy atom. The number of aliphatic carboxylic acids is 1. The Morgan fingerprint density at radius 1 is 1.19 bits per heavy atom. The molecule has 0 aromatic carbocycles. The van der Waals surface area contributed by atoms with E-state index < -0.39 is 11.4 Å². The van der Waals surface area contributed by atoms with Gasteiger partial charge in [0.25, 0.3) is 0 Å². The van der Waals surface area contributed by atoms with Gasteiger partial charge in [0.15, 0.2) is 0 Å². The highest BCUT2D eigenvalue weighted by Crippen LogP contribution is 2.39. The molecule has 122 valence electrons. The molecule has 0 unspecified atom stereocenters. The first-order chi connectivity index (χ1) is 9.93. The molecule has 1 aliphatic carbocycles. The topological polar surface area (TPSA) is 66.8 Å². The fourth-order valence-corrected chi connectivity index (χ4v) is 3.12. The molecule has 0 aromatic rings. The predicted molar refractivity (Wildman–Crippen MR) is 81.1 cm³/mol. The Labute approximate surface area is 127 Å². The van der Waals surface area contributed by atoms with E-state index in [1.54, 1.807) is 12.0 Å². The summed E-state index contributed by atoms with van der Waals surface area (Å²) in [4.78, 5) is 26.1. The molecule has 1 fully saturated rings. The fraction of sp³-hybridized carbons (Fsp3) is 0.875. The van der Waals surface area contributed by atoms with Gasteiger partial charge in [0.1, 0.15) is 0 Å². The van der Waals surface area contributed by atoms with Crippen LogP contribution in [-0.4, -0.2) is 48.2 Å². The molecule has 5 heteroatoms. The van der Waals surface area contributed by atoms with Crippen LogP contribution in [0.4, 0.5) is 0 Å². The molecule has 5 nitrogen and oxygen atoms in total.